The van der Waals surface area contributed by atoms with Crippen LogP contribution in [-0.4, -0.2) is 27.2 Å². The summed E-state index contributed by atoms with van der Waals surface area (Å²) in [6.45, 7) is 4.31. The predicted octanol–water partition coefficient (Wildman–Crippen LogP) is 5.09. The fourth-order valence-corrected chi connectivity index (χ4v) is 5.33. The van der Waals surface area contributed by atoms with E-state index in [1.54, 1.807) is 57.2 Å². The molecule has 30 heavy (non-hydrogen) atoms. The molecular weight excluding hydrogens is 413 g/mol. The molecule has 0 spiro atoms. The second-order valence-electron chi connectivity index (χ2n) is 7.35. The van der Waals surface area contributed by atoms with E-state index in [1.165, 1.54) is 0 Å². The first-order chi connectivity index (χ1) is 14.0. The van der Waals surface area contributed by atoms with Gasteiger partial charge in [-0.15, -0.1) is 0 Å². The minimum Gasteiger partial charge on any atom is -0.383 e. The highest BCUT2D eigenvalue weighted by Crippen LogP contribution is 2.28. The van der Waals surface area contributed by atoms with Crippen molar-refractivity contribution in [2.75, 3.05) is 11.9 Å². The molecule has 1 unspecified atom stereocenters. The summed E-state index contributed by atoms with van der Waals surface area (Å²) in [4.78, 5) is -0.118. The van der Waals surface area contributed by atoms with Crippen LogP contribution >= 0.6 is 0 Å². The van der Waals surface area contributed by atoms with Crippen LogP contribution in [0.4, 0.5) is 18.9 Å². The summed E-state index contributed by atoms with van der Waals surface area (Å²) < 4.78 is 68.6. The van der Waals surface area contributed by atoms with Gasteiger partial charge in [0.05, 0.1) is 4.90 Å². The largest absolute Gasteiger partial charge is 0.406 e. The van der Waals surface area contributed by atoms with E-state index in [1.807, 2.05) is 22.9 Å². The van der Waals surface area contributed by atoms with E-state index in [-0.39, 0.29) is 4.90 Å². The van der Waals surface area contributed by atoms with Crippen LogP contribution in [0.2, 0.25) is 0 Å². The van der Waals surface area contributed by atoms with Crippen LogP contribution in [0.15, 0.2) is 59.5 Å². The Morgan fingerprint density at radius 1 is 0.933 bits per heavy atom. The van der Waals surface area contributed by atoms with Gasteiger partial charge in [-0.2, -0.15) is 17.9 Å². The van der Waals surface area contributed by atoms with Crippen LogP contribution in [0.25, 0.3) is 10.8 Å². The summed E-state index contributed by atoms with van der Waals surface area (Å²) in [5, 5.41) is 4.39. The Hall–Kier alpha value is -2.58. The number of aryl methyl sites for hydroxylation is 3. The summed E-state index contributed by atoms with van der Waals surface area (Å²) >= 11 is 0. The molecule has 0 aliphatic carbocycles. The molecule has 0 fully saturated rings. The zero-order valence-corrected chi connectivity index (χ0v) is 17.7. The topological polar surface area (TPSA) is 58.2 Å². The van der Waals surface area contributed by atoms with Crippen LogP contribution in [0.5, 0.6) is 0 Å². The third-order valence-corrected chi connectivity index (χ3v) is 6.63. The molecule has 2 N–H and O–H groups in total. The number of rotatable bonds is 6. The number of halogens is 3. The van der Waals surface area contributed by atoms with Crippen molar-refractivity contribution in [2.24, 2.45) is 0 Å². The molecule has 0 saturated carbocycles. The zero-order chi connectivity index (χ0) is 22.1. The maximum Gasteiger partial charge on any atom is 0.406 e. The van der Waals surface area contributed by atoms with Gasteiger partial charge in [0.25, 0.3) is 0 Å². The van der Waals surface area contributed by atoms with Gasteiger partial charge in [-0.25, -0.2) is 8.42 Å². The number of alkyl halides is 3. The number of sulfonamides is 1. The lowest BCUT2D eigenvalue weighted by Crippen LogP contribution is -2.49. The normalized spacial score (nSPS) is 13.4. The standard InChI is InChI=1S/C22H23F3N2O2S/c1-14-11-15(2)21(16(3)12-14)30(28,29)27-20(22(23,24)25)13-26-19-10-6-8-17-7-4-5-9-18(17)19/h4-12,20,26-27H,13H2,1-3H3. The van der Waals surface area contributed by atoms with Crippen molar-refractivity contribution in [1.29, 1.82) is 0 Å². The van der Waals surface area contributed by atoms with Gasteiger partial charge in [-0.05, 0) is 43.4 Å². The van der Waals surface area contributed by atoms with Crippen molar-refractivity contribution >= 4 is 26.5 Å². The van der Waals surface area contributed by atoms with Gasteiger partial charge in [-0.1, -0.05) is 54.1 Å². The van der Waals surface area contributed by atoms with Gasteiger partial charge in [0, 0.05) is 17.6 Å². The summed E-state index contributed by atoms with van der Waals surface area (Å²) in [5.74, 6) is 0. The Bertz CT molecular complexity index is 1150. The molecule has 0 radical (unpaired) electrons. The lowest BCUT2D eigenvalue weighted by Gasteiger charge is -2.24. The van der Waals surface area contributed by atoms with Crippen molar-refractivity contribution in [3.05, 3.63) is 71.3 Å². The van der Waals surface area contributed by atoms with Crippen LogP contribution in [0, 0.1) is 20.8 Å². The van der Waals surface area contributed by atoms with Gasteiger partial charge in [-0.3, -0.25) is 0 Å². The summed E-state index contributed by atoms with van der Waals surface area (Å²) in [5.41, 5.74) is 2.16. The highest BCUT2D eigenvalue weighted by molar-refractivity contribution is 7.89. The van der Waals surface area contributed by atoms with E-state index in [2.05, 4.69) is 5.32 Å². The number of benzene rings is 3. The zero-order valence-electron chi connectivity index (χ0n) is 16.8. The van der Waals surface area contributed by atoms with Crippen molar-refractivity contribution in [3.63, 3.8) is 0 Å². The molecular formula is C22H23F3N2O2S. The second kappa shape index (κ2) is 8.28. The van der Waals surface area contributed by atoms with Gasteiger partial charge in [0.1, 0.15) is 6.04 Å². The summed E-state index contributed by atoms with van der Waals surface area (Å²) in [6, 6.07) is 13.5. The van der Waals surface area contributed by atoms with Crippen LogP contribution in [0.3, 0.4) is 0 Å². The molecule has 3 aromatic rings. The lowest BCUT2D eigenvalue weighted by atomic mass is 10.1. The maximum atomic E-state index is 13.7. The van der Waals surface area contributed by atoms with Gasteiger partial charge >= 0.3 is 6.18 Å². The summed E-state index contributed by atoms with van der Waals surface area (Å²) in [7, 11) is -4.38. The van der Waals surface area contributed by atoms with Crippen molar-refractivity contribution < 1.29 is 21.6 Å². The van der Waals surface area contributed by atoms with Crippen molar-refractivity contribution in [1.82, 2.24) is 4.72 Å². The molecule has 4 nitrogen and oxygen atoms in total. The van der Waals surface area contributed by atoms with Gasteiger partial charge in [0.2, 0.25) is 10.0 Å². The third kappa shape index (κ3) is 4.76. The molecule has 1 atom stereocenters. The number of fused-ring (bicyclic) bond motifs is 1. The number of hydrogen-bond acceptors (Lipinski definition) is 3. The average Bonchev–Trinajstić information content (AvgIpc) is 2.63. The first-order valence-corrected chi connectivity index (χ1v) is 10.9. The average molecular weight is 436 g/mol. The maximum absolute atomic E-state index is 13.7. The highest BCUT2D eigenvalue weighted by Gasteiger charge is 2.42. The fraction of sp³-hybridized carbons (Fsp3) is 0.273. The Morgan fingerprint density at radius 3 is 2.17 bits per heavy atom. The molecule has 0 aliphatic rings. The Morgan fingerprint density at radius 2 is 1.53 bits per heavy atom. The molecule has 0 heterocycles. The first kappa shape index (κ1) is 22.1. The van der Waals surface area contributed by atoms with Gasteiger partial charge in [0.15, 0.2) is 0 Å². The lowest BCUT2D eigenvalue weighted by molar-refractivity contribution is -0.148. The van der Waals surface area contributed by atoms with Crippen LogP contribution < -0.4 is 10.0 Å². The SMILES string of the molecule is Cc1cc(C)c(S(=O)(=O)NC(CNc2cccc3ccccc23)C(F)(F)F)c(C)c1. The third-order valence-electron chi connectivity index (χ3n) is 4.85. The van der Waals surface area contributed by atoms with Crippen molar-refractivity contribution in [3.8, 4) is 0 Å². The number of hydrogen-bond donors (Lipinski definition) is 2. The molecule has 160 valence electrons. The highest BCUT2D eigenvalue weighted by atomic mass is 32.2. The second-order valence-corrected chi connectivity index (χ2v) is 9.00. The fourth-order valence-electron chi connectivity index (χ4n) is 3.65. The smallest absolute Gasteiger partial charge is 0.383 e. The monoisotopic (exact) mass is 436 g/mol. The molecule has 0 saturated heterocycles. The van der Waals surface area contributed by atoms with Crippen molar-refractivity contribution in [2.45, 2.75) is 37.9 Å². The molecule has 0 aliphatic heterocycles. The number of anilines is 1. The molecule has 3 rings (SSSR count). The van der Waals surface area contributed by atoms with E-state index < -0.39 is 28.8 Å². The van der Waals surface area contributed by atoms with E-state index in [0.29, 0.717) is 16.8 Å². The Balaban J connectivity index is 1.89. The molecule has 0 aromatic heterocycles. The minimum atomic E-state index is -4.77. The van der Waals surface area contributed by atoms with E-state index in [9.17, 15) is 21.6 Å². The van der Waals surface area contributed by atoms with E-state index in [4.69, 9.17) is 0 Å². The quantitative estimate of drug-likeness (QED) is 0.566. The molecule has 0 amide bonds. The molecule has 0 bridgehead atoms. The Kier molecular flexibility index (Phi) is 6.10. The van der Waals surface area contributed by atoms with E-state index in [0.717, 1.165) is 16.3 Å². The summed E-state index contributed by atoms with van der Waals surface area (Å²) in [6.07, 6.45) is -4.77. The molecule has 8 heteroatoms. The van der Waals surface area contributed by atoms with Gasteiger partial charge < -0.3 is 5.32 Å². The van der Waals surface area contributed by atoms with Crippen LogP contribution in [0.1, 0.15) is 16.7 Å². The Labute approximate surface area is 174 Å². The first-order valence-electron chi connectivity index (χ1n) is 9.37. The van der Waals surface area contributed by atoms with Crippen LogP contribution in [-0.2, 0) is 10.0 Å². The van der Waals surface area contributed by atoms with E-state index >= 15 is 0 Å². The molecule has 3 aromatic carbocycles. The predicted molar refractivity (Wildman–Crippen MR) is 113 cm³/mol. The number of nitrogens with one attached hydrogen (secondary N) is 2. The minimum absolute atomic E-state index is 0.118.